The fourth-order valence-electron chi connectivity index (χ4n) is 2.73. The zero-order valence-electron chi connectivity index (χ0n) is 13.4. The van der Waals surface area contributed by atoms with Crippen molar-refractivity contribution >= 4 is 45.5 Å². The van der Waals surface area contributed by atoms with E-state index in [1.807, 2.05) is 49.4 Å². The molecule has 4 rings (SSSR count). The van der Waals surface area contributed by atoms with Gasteiger partial charge in [-0.05, 0) is 48.9 Å². The highest BCUT2D eigenvalue weighted by Gasteiger charge is 2.11. The third-order valence-corrected chi connectivity index (χ3v) is 4.83. The molecule has 0 fully saturated rings. The molecule has 0 atom stereocenters. The van der Waals surface area contributed by atoms with E-state index in [-0.39, 0.29) is 0 Å². The molecule has 3 aromatic carbocycles. The van der Waals surface area contributed by atoms with E-state index in [0.717, 1.165) is 39.2 Å². The van der Waals surface area contributed by atoms with Gasteiger partial charge in [0.2, 0.25) is 0 Å². The predicted molar refractivity (Wildman–Crippen MR) is 104 cm³/mol. The number of hydrogen-bond donors (Lipinski definition) is 1. The van der Waals surface area contributed by atoms with Crippen LogP contribution < -0.4 is 5.32 Å². The Labute approximate surface area is 155 Å². The highest BCUT2D eigenvalue weighted by atomic mass is 35.5. The molecule has 1 N–H and O–H groups in total. The maximum absolute atomic E-state index is 6.10. The standard InChI is InChI=1S/C20H14Cl2N2O/c1-12-6-7-13(20-15-4-2-3-5-19(15)25-24-20)10-18(12)23-14-8-9-16(21)17(22)11-14/h2-11,23H,1H3. The maximum Gasteiger partial charge on any atom is 0.167 e. The van der Waals surface area contributed by atoms with Gasteiger partial charge in [0, 0.05) is 22.3 Å². The molecule has 1 aromatic heterocycles. The van der Waals surface area contributed by atoms with E-state index in [1.165, 1.54) is 0 Å². The highest BCUT2D eigenvalue weighted by molar-refractivity contribution is 6.42. The zero-order valence-corrected chi connectivity index (χ0v) is 14.9. The molecule has 1 heterocycles. The fourth-order valence-corrected chi connectivity index (χ4v) is 3.03. The lowest BCUT2D eigenvalue weighted by atomic mass is 10.0. The summed E-state index contributed by atoms with van der Waals surface area (Å²) in [5.74, 6) is 0. The van der Waals surface area contributed by atoms with Gasteiger partial charge in [-0.2, -0.15) is 0 Å². The lowest BCUT2D eigenvalue weighted by molar-refractivity contribution is 0.459. The molecular weight excluding hydrogens is 355 g/mol. The van der Waals surface area contributed by atoms with Crippen LogP contribution in [-0.4, -0.2) is 5.16 Å². The number of nitrogens with one attached hydrogen (secondary N) is 1. The van der Waals surface area contributed by atoms with Gasteiger partial charge < -0.3 is 9.84 Å². The summed E-state index contributed by atoms with van der Waals surface area (Å²) in [5.41, 5.74) is 5.55. The Morgan fingerprint density at radius 2 is 1.76 bits per heavy atom. The van der Waals surface area contributed by atoms with Crippen LogP contribution in [0, 0.1) is 6.92 Å². The Kier molecular flexibility index (Phi) is 4.12. The van der Waals surface area contributed by atoms with Crippen molar-refractivity contribution in [2.75, 3.05) is 5.32 Å². The van der Waals surface area contributed by atoms with Crippen molar-refractivity contribution in [3.05, 3.63) is 76.3 Å². The van der Waals surface area contributed by atoms with Crippen LogP contribution in [0.25, 0.3) is 22.2 Å². The summed E-state index contributed by atoms with van der Waals surface area (Å²) in [5, 5.41) is 9.66. The number of nitrogens with zero attached hydrogens (tertiary/aromatic N) is 1. The minimum absolute atomic E-state index is 0.517. The van der Waals surface area contributed by atoms with Crippen molar-refractivity contribution in [2.45, 2.75) is 6.92 Å². The first kappa shape index (κ1) is 16.0. The van der Waals surface area contributed by atoms with Crippen molar-refractivity contribution in [3.8, 4) is 11.3 Å². The molecule has 0 saturated heterocycles. The number of aromatic nitrogens is 1. The maximum atomic E-state index is 6.10. The van der Waals surface area contributed by atoms with E-state index >= 15 is 0 Å². The minimum Gasteiger partial charge on any atom is -0.356 e. The summed E-state index contributed by atoms with van der Waals surface area (Å²) < 4.78 is 5.42. The van der Waals surface area contributed by atoms with E-state index in [4.69, 9.17) is 27.7 Å². The van der Waals surface area contributed by atoms with Gasteiger partial charge in [-0.3, -0.25) is 0 Å². The number of halogens is 2. The number of aryl methyl sites for hydroxylation is 1. The number of fused-ring (bicyclic) bond motifs is 1. The van der Waals surface area contributed by atoms with Crippen molar-refractivity contribution in [2.24, 2.45) is 0 Å². The number of para-hydroxylation sites is 1. The van der Waals surface area contributed by atoms with Gasteiger partial charge in [-0.1, -0.05) is 52.6 Å². The van der Waals surface area contributed by atoms with Crippen LogP contribution in [-0.2, 0) is 0 Å². The molecule has 0 bridgehead atoms. The van der Waals surface area contributed by atoms with Crippen molar-refractivity contribution in [1.29, 1.82) is 0 Å². The average molecular weight is 369 g/mol. The molecule has 0 aliphatic heterocycles. The van der Waals surface area contributed by atoms with Gasteiger partial charge in [0.25, 0.3) is 0 Å². The van der Waals surface area contributed by atoms with E-state index < -0.39 is 0 Å². The number of rotatable bonds is 3. The fraction of sp³-hybridized carbons (Fsp3) is 0.0500. The lowest BCUT2D eigenvalue weighted by Crippen LogP contribution is -1.94. The number of benzene rings is 3. The first-order valence-electron chi connectivity index (χ1n) is 7.79. The van der Waals surface area contributed by atoms with Crippen LogP contribution in [0.15, 0.2) is 65.2 Å². The third-order valence-electron chi connectivity index (χ3n) is 4.09. The Morgan fingerprint density at radius 1 is 0.920 bits per heavy atom. The smallest absolute Gasteiger partial charge is 0.167 e. The van der Waals surface area contributed by atoms with Crippen LogP contribution in [0.3, 0.4) is 0 Å². The molecule has 4 aromatic rings. The second kappa shape index (κ2) is 6.43. The topological polar surface area (TPSA) is 38.1 Å². The Hall–Kier alpha value is -2.49. The van der Waals surface area contributed by atoms with Crippen LogP contribution in [0.4, 0.5) is 11.4 Å². The van der Waals surface area contributed by atoms with Crippen LogP contribution >= 0.6 is 23.2 Å². The molecule has 3 nitrogen and oxygen atoms in total. The Balaban J connectivity index is 1.74. The molecule has 5 heteroatoms. The molecule has 0 amide bonds. The third kappa shape index (κ3) is 3.09. The molecule has 124 valence electrons. The van der Waals surface area contributed by atoms with Gasteiger partial charge in [0.1, 0.15) is 5.69 Å². The van der Waals surface area contributed by atoms with E-state index in [0.29, 0.717) is 10.0 Å². The van der Waals surface area contributed by atoms with Crippen molar-refractivity contribution in [1.82, 2.24) is 5.16 Å². The summed E-state index contributed by atoms with van der Waals surface area (Å²) in [6.45, 7) is 2.05. The van der Waals surface area contributed by atoms with Crippen LogP contribution in [0.1, 0.15) is 5.56 Å². The number of hydrogen-bond acceptors (Lipinski definition) is 3. The SMILES string of the molecule is Cc1ccc(-c2noc3ccccc23)cc1Nc1ccc(Cl)c(Cl)c1. The molecule has 0 saturated carbocycles. The van der Waals surface area contributed by atoms with E-state index in [2.05, 4.69) is 22.6 Å². The monoisotopic (exact) mass is 368 g/mol. The van der Waals surface area contributed by atoms with Gasteiger partial charge in [-0.25, -0.2) is 0 Å². The number of anilines is 2. The van der Waals surface area contributed by atoms with Crippen LogP contribution in [0.5, 0.6) is 0 Å². The molecule has 0 radical (unpaired) electrons. The summed E-state index contributed by atoms with van der Waals surface area (Å²) in [6, 6.07) is 19.5. The Morgan fingerprint density at radius 3 is 2.60 bits per heavy atom. The largest absolute Gasteiger partial charge is 0.356 e. The molecule has 25 heavy (non-hydrogen) atoms. The van der Waals surface area contributed by atoms with Gasteiger partial charge in [0.05, 0.1) is 10.0 Å². The van der Waals surface area contributed by atoms with Gasteiger partial charge in [0.15, 0.2) is 5.58 Å². The minimum atomic E-state index is 0.517. The van der Waals surface area contributed by atoms with E-state index in [1.54, 1.807) is 6.07 Å². The normalized spacial score (nSPS) is 11.0. The second-order valence-corrected chi connectivity index (χ2v) is 6.63. The van der Waals surface area contributed by atoms with Crippen molar-refractivity contribution < 1.29 is 4.52 Å². The van der Waals surface area contributed by atoms with Crippen molar-refractivity contribution in [3.63, 3.8) is 0 Å². The summed E-state index contributed by atoms with van der Waals surface area (Å²) in [6.07, 6.45) is 0. The average Bonchev–Trinajstić information content (AvgIpc) is 3.04. The van der Waals surface area contributed by atoms with Gasteiger partial charge >= 0.3 is 0 Å². The van der Waals surface area contributed by atoms with Crippen LogP contribution in [0.2, 0.25) is 10.0 Å². The highest BCUT2D eigenvalue weighted by Crippen LogP contribution is 2.33. The molecule has 0 spiro atoms. The van der Waals surface area contributed by atoms with E-state index in [9.17, 15) is 0 Å². The molecule has 0 aliphatic rings. The lowest BCUT2D eigenvalue weighted by Gasteiger charge is -2.12. The molecular formula is C20H14Cl2N2O. The quantitative estimate of drug-likeness (QED) is 0.429. The Bertz CT molecular complexity index is 1070. The predicted octanol–water partition coefficient (Wildman–Crippen LogP) is 6.85. The first-order chi connectivity index (χ1) is 12.1. The molecule has 0 aliphatic carbocycles. The zero-order chi connectivity index (χ0) is 17.4. The summed E-state index contributed by atoms with van der Waals surface area (Å²) in [4.78, 5) is 0. The summed E-state index contributed by atoms with van der Waals surface area (Å²) in [7, 11) is 0. The molecule has 0 unspecified atom stereocenters. The summed E-state index contributed by atoms with van der Waals surface area (Å²) >= 11 is 12.1. The van der Waals surface area contributed by atoms with Gasteiger partial charge in [-0.15, -0.1) is 0 Å². The second-order valence-electron chi connectivity index (χ2n) is 5.81. The first-order valence-corrected chi connectivity index (χ1v) is 8.55.